The molecule has 16 heteroatoms. The summed E-state index contributed by atoms with van der Waals surface area (Å²) in [6.07, 6.45) is -0.558. The summed E-state index contributed by atoms with van der Waals surface area (Å²) in [6, 6.07) is 10.00. The third-order valence-corrected chi connectivity index (χ3v) is 9.28. The van der Waals surface area contributed by atoms with Crippen molar-refractivity contribution in [3.63, 3.8) is 0 Å². The molecule has 0 spiro atoms. The first-order chi connectivity index (χ1) is 23.2. The number of amides is 2. The van der Waals surface area contributed by atoms with Crippen molar-refractivity contribution in [2.75, 3.05) is 25.0 Å². The lowest BCUT2D eigenvalue weighted by Crippen LogP contribution is -2.45. The van der Waals surface area contributed by atoms with Gasteiger partial charge in [-0.25, -0.2) is 19.4 Å². The van der Waals surface area contributed by atoms with Crippen molar-refractivity contribution in [2.45, 2.75) is 96.5 Å². The molecule has 3 aromatic rings. The number of nitrogens with zero attached hydrogens (tertiary/aromatic N) is 5. The summed E-state index contributed by atoms with van der Waals surface area (Å²) in [5.74, 6) is 0.996. The molecule has 11 nitrogen and oxygen atoms in total. The zero-order valence-corrected chi connectivity index (χ0v) is 30.9. The van der Waals surface area contributed by atoms with Crippen molar-refractivity contribution in [1.82, 2.24) is 29.4 Å². The molecule has 1 unspecified atom stereocenters. The largest absolute Gasteiger partial charge is 0.477 e. The van der Waals surface area contributed by atoms with Crippen LogP contribution in [-0.2, 0) is 4.74 Å². The summed E-state index contributed by atoms with van der Waals surface area (Å²) < 4.78 is 54.3. The van der Waals surface area contributed by atoms with Gasteiger partial charge in [0, 0.05) is 42.8 Å². The summed E-state index contributed by atoms with van der Waals surface area (Å²) in [5.41, 5.74) is -2.55. The van der Waals surface area contributed by atoms with Crippen LogP contribution in [0.25, 0.3) is 5.82 Å². The van der Waals surface area contributed by atoms with Crippen LogP contribution in [0.1, 0.15) is 84.5 Å². The van der Waals surface area contributed by atoms with Gasteiger partial charge in [-0.15, -0.1) is 5.10 Å². The highest BCUT2D eigenvalue weighted by Gasteiger charge is 2.47. The van der Waals surface area contributed by atoms with Gasteiger partial charge in [-0.05, 0) is 90.5 Å². The Kier molecular flexibility index (Phi) is 12.2. The molecule has 2 amide bonds. The zero-order valence-electron chi connectivity index (χ0n) is 29.4. The number of rotatable bonds is 13. The number of pyridine rings is 2. The maximum atomic E-state index is 13.1. The van der Waals surface area contributed by atoms with Gasteiger partial charge < -0.3 is 19.7 Å². The van der Waals surface area contributed by atoms with Gasteiger partial charge in [0.05, 0.1) is 17.6 Å². The Morgan fingerprint density at radius 1 is 1.08 bits per heavy atom. The number of aromatic nitrogens is 4. The molecule has 0 bridgehead atoms. The lowest BCUT2D eigenvalue weighted by Gasteiger charge is -2.33. The molecule has 0 saturated carbocycles. The van der Waals surface area contributed by atoms with Gasteiger partial charge in [0.1, 0.15) is 21.6 Å². The molecule has 4 rings (SSSR count). The summed E-state index contributed by atoms with van der Waals surface area (Å²) in [6.45, 7) is 13.2. The second kappa shape index (κ2) is 15.7. The van der Waals surface area contributed by atoms with Crippen LogP contribution in [0.15, 0.2) is 47.6 Å². The van der Waals surface area contributed by atoms with Crippen LogP contribution in [0, 0.1) is 11.3 Å². The van der Waals surface area contributed by atoms with E-state index in [-0.39, 0.29) is 41.3 Å². The van der Waals surface area contributed by atoms with Crippen LogP contribution >= 0.6 is 23.5 Å². The molecule has 1 aliphatic rings. The third kappa shape index (κ3) is 10.6. The van der Waals surface area contributed by atoms with Crippen molar-refractivity contribution >= 4 is 41.4 Å². The van der Waals surface area contributed by atoms with E-state index in [4.69, 9.17) is 21.1 Å². The number of alkyl halides is 3. The normalized spacial score (nSPS) is 16.3. The van der Waals surface area contributed by atoms with Gasteiger partial charge >= 0.3 is 12.3 Å². The van der Waals surface area contributed by atoms with E-state index in [1.54, 1.807) is 12.1 Å². The molecule has 1 aliphatic heterocycles. The first-order valence-electron chi connectivity index (χ1n) is 16.3. The number of hydrogen-bond acceptors (Lipinski definition) is 9. The minimum atomic E-state index is -4.34. The Bertz CT molecular complexity index is 1650. The number of carbonyl (C=O) groups excluding carboxylic acids is 2. The topological polar surface area (TPSA) is 124 Å². The van der Waals surface area contributed by atoms with E-state index in [0.717, 1.165) is 45.1 Å². The van der Waals surface area contributed by atoms with E-state index in [2.05, 4.69) is 39.0 Å². The second-order valence-electron chi connectivity index (χ2n) is 14.5. The summed E-state index contributed by atoms with van der Waals surface area (Å²) in [4.78, 5) is 36.3. The van der Waals surface area contributed by atoms with Crippen molar-refractivity contribution in [2.24, 2.45) is 11.3 Å². The minimum absolute atomic E-state index is 0.0614. The SMILES string of the molecule is CC(C)(C)OC(=O)N1CC(CCCNc2cccc(SNC(=O)c3ccc(-n4ccc(OCCC(C)(C)C(F)(F)F)n4)nc3Cl)n2)CC1(C)C. The summed E-state index contributed by atoms with van der Waals surface area (Å²) in [7, 11) is 0. The fourth-order valence-electron chi connectivity index (χ4n) is 5.34. The summed E-state index contributed by atoms with van der Waals surface area (Å²) in [5, 5.41) is 8.03. The maximum Gasteiger partial charge on any atom is 0.410 e. The average molecular weight is 740 g/mol. The van der Waals surface area contributed by atoms with Gasteiger partial charge in [0.2, 0.25) is 5.88 Å². The maximum absolute atomic E-state index is 13.1. The molecule has 2 N–H and O–H groups in total. The Morgan fingerprint density at radius 3 is 2.50 bits per heavy atom. The number of nitrogens with one attached hydrogen (secondary N) is 2. The lowest BCUT2D eigenvalue weighted by molar-refractivity contribution is -0.215. The number of halogens is 4. The Labute approximate surface area is 300 Å². The molecule has 0 aromatic carbocycles. The first-order valence-corrected chi connectivity index (χ1v) is 17.5. The van der Waals surface area contributed by atoms with E-state index in [1.165, 1.54) is 23.0 Å². The van der Waals surface area contributed by atoms with Crippen LogP contribution in [0.5, 0.6) is 5.88 Å². The predicted octanol–water partition coefficient (Wildman–Crippen LogP) is 8.34. The standard InChI is InChI=1S/C34H45ClF3N7O4S/c1-31(2,3)49-30(47)44-21-22(20-33(44,6)7)10-9-17-39-24-11-8-12-27(40-24)50-43-29(46)23-13-14-25(41-28(23)35)45-18-15-26(42-45)48-19-16-32(4,5)34(36,37)38/h8,11-15,18,22H,9-10,16-17,19-21H2,1-7H3,(H,39,40)(H,43,46). The number of hydrogen-bond donors (Lipinski definition) is 2. The fourth-order valence-corrected chi connectivity index (χ4v) is 6.17. The molecule has 0 aliphatic carbocycles. The van der Waals surface area contributed by atoms with Crippen molar-refractivity contribution in [3.05, 3.63) is 53.3 Å². The average Bonchev–Trinajstić information content (AvgIpc) is 3.60. The molecule has 50 heavy (non-hydrogen) atoms. The lowest BCUT2D eigenvalue weighted by atomic mass is 9.89. The van der Waals surface area contributed by atoms with Crippen LogP contribution in [0.2, 0.25) is 5.15 Å². The number of ether oxygens (including phenoxy) is 2. The smallest absolute Gasteiger partial charge is 0.410 e. The van der Waals surface area contributed by atoms with Crippen LogP contribution in [0.3, 0.4) is 0 Å². The van der Waals surface area contributed by atoms with Crippen molar-refractivity contribution in [3.8, 4) is 11.7 Å². The molecule has 4 heterocycles. The van der Waals surface area contributed by atoms with Gasteiger partial charge in [0.15, 0.2) is 5.82 Å². The number of likely N-dealkylation sites (tertiary alicyclic amines) is 1. The number of anilines is 1. The van der Waals surface area contributed by atoms with Crippen molar-refractivity contribution < 1.29 is 32.2 Å². The molecular weight excluding hydrogens is 695 g/mol. The quantitative estimate of drug-likeness (QED) is 0.101. The molecule has 1 fully saturated rings. The Morgan fingerprint density at radius 2 is 1.82 bits per heavy atom. The molecule has 0 radical (unpaired) electrons. The highest BCUT2D eigenvalue weighted by Crippen LogP contribution is 2.40. The first kappa shape index (κ1) is 39.1. The Hall–Kier alpha value is -3.72. The van der Waals surface area contributed by atoms with Crippen LogP contribution in [0.4, 0.5) is 23.8 Å². The van der Waals surface area contributed by atoms with Gasteiger partial charge in [-0.2, -0.15) is 13.2 Å². The van der Waals surface area contributed by atoms with E-state index in [9.17, 15) is 22.8 Å². The van der Waals surface area contributed by atoms with Crippen LogP contribution in [-0.4, -0.2) is 73.7 Å². The summed E-state index contributed by atoms with van der Waals surface area (Å²) >= 11 is 7.37. The highest BCUT2D eigenvalue weighted by molar-refractivity contribution is 7.97. The molecule has 1 atom stereocenters. The predicted molar refractivity (Wildman–Crippen MR) is 187 cm³/mol. The Balaban J connectivity index is 1.22. The minimum Gasteiger partial charge on any atom is -0.477 e. The fraction of sp³-hybridized carbons (Fsp3) is 0.559. The van der Waals surface area contributed by atoms with Gasteiger partial charge in [-0.1, -0.05) is 31.5 Å². The monoisotopic (exact) mass is 739 g/mol. The van der Waals surface area contributed by atoms with E-state index in [1.807, 2.05) is 37.8 Å². The second-order valence-corrected chi connectivity index (χ2v) is 15.7. The van der Waals surface area contributed by atoms with Crippen molar-refractivity contribution in [1.29, 1.82) is 0 Å². The van der Waals surface area contributed by atoms with E-state index in [0.29, 0.717) is 35.7 Å². The molecule has 274 valence electrons. The molecule has 3 aromatic heterocycles. The van der Waals surface area contributed by atoms with Gasteiger partial charge in [0.25, 0.3) is 5.91 Å². The van der Waals surface area contributed by atoms with Gasteiger partial charge in [-0.3, -0.25) is 9.52 Å². The highest BCUT2D eigenvalue weighted by atomic mass is 35.5. The molecule has 1 saturated heterocycles. The number of carbonyl (C=O) groups is 2. The van der Waals surface area contributed by atoms with Crippen LogP contribution < -0.4 is 14.8 Å². The van der Waals surface area contributed by atoms with E-state index < -0.39 is 23.1 Å². The third-order valence-electron chi connectivity index (χ3n) is 8.26. The van der Waals surface area contributed by atoms with E-state index >= 15 is 0 Å². The zero-order chi connectivity index (χ0) is 36.9. The molecular formula is C34H45ClF3N7O4S.